The van der Waals surface area contributed by atoms with Crippen molar-refractivity contribution in [3.8, 4) is 5.69 Å². The molecule has 1 aromatic heterocycles. The number of hydrogen-bond donors (Lipinski definition) is 0. The van der Waals surface area contributed by atoms with Gasteiger partial charge >= 0.3 is 0 Å². The lowest BCUT2D eigenvalue weighted by atomic mass is 10.1. The number of amides is 1. The summed E-state index contributed by atoms with van der Waals surface area (Å²) in [5.41, 5.74) is 1.50. The highest BCUT2D eigenvalue weighted by molar-refractivity contribution is 7.99. The van der Waals surface area contributed by atoms with Crippen molar-refractivity contribution in [1.29, 1.82) is 0 Å². The highest BCUT2D eigenvalue weighted by Gasteiger charge is 2.23. The molecule has 1 saturated heterocycles. The van der Waals surface area contributed by atoms with E-state index < -0.39 is 0 Å². The van der Waals surface area contributed by atoms with E-state index in [0.717, 1.165) is 31.0 Å². The second kappa shape index (κ2) is 7.59. The van der Waals surface area contributed by atoms with E-state index in [0.29, 0.717) is 10.8 Å². The van der Waals surface area contributed by atoms with Crippen molar-refractivity contribution in [3.63, 3.8) is 0 Å². The summed E-state index contributed by atoms with van der Waals surface area (Å²) in [5, 5.41) is 11.7. The van der Waals surface area contributed by atoms with Gasteiger partial charge in [-0.05, 0) is 47.2 Å². The molecular formula is C16H21N5OS. The summed E-state index contributed by atoms with van der Waals surface area (Å²) >= 11 is 1.96. The van der Waals surface area contributed by atoms with Crippen LogP contribution in [0, 0.1) is 0 Å². The Morgan fingerprint density at radius 2 is 2.30 bits per heavy atom. The topological polar surface area (TPSA) is 63.9 Å². The largest absolute Gasteiger partial charge is 0.338 e. The summed E-state index contributed by atoms with van der Waals surface area (Å²) in [4.78, 5) is 14.9. The first-order valence-corrected chi connectivity index (χ1v) is 9.07. The number of nitrogens with zero attached hydrogens (tertiary/aromatic N) is 5. The van der Waals surface area contributed by atoms with Crippen LogP contribution < -0.4 is 0 Å². The number of rotatable bonds is 4. The molecule has 0 bridgehead atoms. The first-order chi connectivity index (χ1) is 11.3. The summed E-state index contributed by atoms with van der Waals surface area (Å²) in [5.74, 6) is 1.20. The van der Waals surface area contributed by atoms with Crippen molar-refractivity contribution in [2.75, 3.05) is 18.8 Å². The lowest BCUT2D eigenvalue weighted by molar-refractivity contribution is 0.0763. The van der Waals surface area contributed by atoms with Crippen LogP contribution in [0.5, 0.6) is 0 Å². The summed E-state index contributed by atoms with van der Waals surface area (Å²) in [6, 6.07) is 7.49. The first kappa shape index (κ1) is 16.0. The van der Waals surface area contributed by atoms with E-state index >= 15 is 0 Å². The van der Waals surface area contributed by atoms with E-state index in [-0.39, 0.29) is 5.91 Å². The number of carbonyl (C=O) groups excluding carboxylic acids is 1. The van der Waals surface area contributed by atoms with Gasteiger partial charge in [0.15, 0.2) is 0 Å². The molecule has 3 rings (SSSR count). The number of thioether (sulfide) groups is 1. The number of hydrogen-bond acceptors (Lipinski definition) is 5. The minimum Gasteiger partial charge on any atom is -0.338 e. The van der Waals surface area contributed by atoms with Gasteiger partial charge in [-0.1, -0.05) is 19.4 Å². The van der Waals surface area contributed by atoms with Gasteiger partial charge < -0.3 is 4.90 Å². The Labute approximate surface area is 140 Å². The molecule has 0 radical (unpaired) electrons. The van der Waals surface area contributed by atoms with Gasteiger partial charge in [0.05, 0.1) is 5.69 Å². The maximum Gasteiger partial charge on any atom is 0.253 e. The van der Waals surface area contributed by atoms with Gasteiger partial charge in [-0.2, -0.15) is 11.8 Å². The van der Waals surface area contributed by atoms with Crippen molar-refractivity contribution >= 4 is 17.7 Å². The molecule has 1 amide bonds. The molecule has 23 heavy (non-hydrogen) atoms. The van der Waals surface area contributed by atoms with Gasteiger partial charge in [0.2, 0.25) is 0 Å². The lowest BCUT2D eigenvalue weighted by Crippen LogP contribution is -2.35. The molecule has 1 atom stereocenters. The summed E-state index contributed by atoms with van der Waals surface area (Å²) < 4.78 is 1.56. The monoisotopic (exact) mass is 331 g/mol. The van der Waals surface area contributed by atoms with Crippen LogP contribution in [-0.4, -0.2) is 55.1 Å². The molecule has 0 saturated carbocycles. The van der Waals surface area contributed by atoms with Gasteiger partial charge in [-0.25, -0.2) is 4.68 Å². The molecule has 0 N–H and O–H groups in total. The van der Waals surface area contributed by atoms with Crippen LogP contribution in [0.1, 0.15) is 36.5 Å². The van der Waals surface area contributed by atoms with Crippen LogP contribution in [0.25, 0.3) is 5.69 Å². The Kier molecular flexibility index (Phi) is 5.27. The third kappa shape index (κ3) is 3.90. The van der Waals surface area contributed by atoms with E-state index in [1.807, 2.05) is 40.9 Å². The van der Waals surface area contributed by atoms with Crippen LogP contribution in [0.4, 0.5) is 0 Å². The molecule has 0 unspecified atom stereocenters. The van der Waals surface area contributed by atoms with Crippen molar-refractivity contribution in [2.45, 2.75) is 31.4 Å². The predicted molar refractivity (Wildman–Crippen MR) is 90.8 cm³/mol. The van der Waals surface area contributed by atoms with Crippen LogP contribution in [0.3, 0.4) is 0 Å². The highest BCUT2D eigenvalue weighted by atomic mass is 32.2. The molecule has 0 aliphatic carbocycles. The predicted octanol–water partition coefficient (Wildman–Crippen LogP) is 2.41. The SMILES string of the molecule is CCS[C@H]1CCCCN(C(=O)c2cccc(-n3cnnn3)c2)C1. The van der Waals surface area contributed by atoms with Gasteiger partial charge in [0.1, 0.15) is 6.33 Å². The van der Waals surface area contributed by atoms with Gasteiger partial charge in [-0.3, -0.25) is 4.79 Å². The number of aromatic nitrogens is 4. The average Bonchev–Trinajstić information content (AvgIpc) is 3.02. The maximum absolute atomic E-state index is 12.9. The van der Waals surface area contributed by atoms with Crippen molar-refractivity contribution < 1.29 is 4.79 Å². The minimum absolute atomic E-state index is 0.100. The lowest BCUT2D eigenvalue weighted by Gasteiger charge is -2.24. The van der Waals surface area contributed by atoms with E-state index in [2.05, 4.69) is 22.4 Å². The Morgan fingerprint density at radius 1 is 1.39 bits per heavy atom. The zero-order valence-electron chi connectivity index (χ0n) is 13.3. The van der Waals surface area contributed by atoms with Crippen LogP contribution in [-0.2, 0) is 0 Å². The first-order valence-electron chi connectivity index (χ1n) is 8.02. The number of tetrazole rings is 1. The standard InChI is InChI=1S/C16H21N5OS/c1-2-23-15-8-3-4-9-20(11-15)16(22)13-6-5-7-14(10-13)21-12-17-18-19-21/h5-7,10,12,15H,2-4,8-9,11H2,1H3/t15-/m0/s1. The molecule has 122 valence electrons. The molecule has 1 fully saturated rings. The normalized spacial score (nSPS) is 18.7. The molecule has 0 spiro atoms. The zero-order chi connectivity index (χ0) is 16.1. The van der Waals surface area contributed by atoms with Gasteiger partial charge in [0.25, 0.3) is 5.91 Å². The fraction of sp³-hybridized carbons (Fsp3) is 0.500. The van der Waals surface area contributed by atoms with Crippen molar-refractivity contribution in [2.24, 2.45) is 0 Å². The highest BCUT2D eigenvalue weighted by Crippen LogP contribution is 2.23. The second-order valence-corrected chi connectivity index (χ2v) is 7.21. The van der Waals surface area contributed by atoms with Crippen LogP contribution in [0.2, 0.25) is 0 Å². The molecular weight excluding hydrogens is 310 g/mol. The molecule has 6 nitrogen and oxygen atoms in total. The average molecular weight is 331 g/mol. The number of benzene rings is 1. The minimum atomic E-state index is 0.100. The Balaban J connectivity index is 1.78. The Morgan fingerprint density at radius 3 is 3.09 bits per heavy atom. The fourth-order valence-electron chi connectivity index (χ4n) is 2.90. The second-order valence-electron chi connectivity index (χ2n) is 5.63. The van der Waals surface area contributed by atoms with E-state index in [1.165, 1.54) is 19.2 Å². The molecule has 2 aromatic rings. The summed E-state index contributed by atoms with van der Waals surface area (Å²) in [7, 11) is 0. The molecule has 2 heterocycles. The van der Waals surface area contributed by atoms with Crippen LogP contribution in [0.15, 0.2) is 30.6 Å². The van der Waals surface area contributed by atoms with E-state index in [1.54, 1.807) is 4.68 Å². The zero-order valence-corrected chi connectivity index (χ0v) is 14.1. The molecule has 1 aliphatic heterocycles. The number of carbonyl (C=O) groups is 1. The fourth-order valence-corrected chi connectivity index (χ4v) is 3.99. The molecule has 1 aromatic carbocycles. The van der Waals surface area contributed by atoms with Gasteiger partial charge in [-0.15, -0.1) is 5.10 Å². The summed E-state index contributed by atoms with van der Waals surface area (Å²) in [6.45, 7) is 3.86. The van der Waals surface area contributed by atoms with E-state index in [4.69, 9.17) is 0 Å². The Hall–Kier alpha value is -1.89. The van der Waals surface area contributed by atoms with E-state index in [9.17, 15) is 4.79 Å². The third-order valence-corrected chi connectivity index (χ3v) is 5.21. The van der Waals surface area contributed by atoms with Gasteiger partial charge in [0, 0.05) is 23.9 Å². The Bertz CT molecular complexity index is 646. The maximum atomic E-state index is 12.9. The van der Waals surface area contributed by atoms with Crippen molar-refractivity contribution in [1.82, 2.24) is 25.1 Å². The quantitative estimate of drug-likeness (QED) is 0.861. The smallest absolute Gasteiger partial charge is 0.253 e. The number of likely N-dealkylation sites (tertiary alicyclic amines) is 1. The third-order valence-electron chi connectivity index (χ3n) is 4.02. The molecule has 1 aliphatic rings. The summed E-state index contributed by atoms with van der Waals surface area (Å²) in [6.07, 6.45) is 5.02. The van der Waals surface area contributed by atoms with Crippen molar-refractivity contribution in [3.05, 3.63) is 36.2 Å². The van der Waals surface area contributed by atoms with Crippen LogP contribution >= 0.6 is 11.8 Å². The molecule has 7 heteroatoms.